The summed E-state index contributed by atoms with van der Waals surface area (Å²) >= 11 is 0. The number of hydrogen-bond acceptors (Lipinski definition) is 5. The van der Waals surface area contributed by atoms with Crippen LogP contribution >= 0.6 is 0 Å². The zero-order chi connectivity index (χ0) is 29.1. The van der Waals surface area contributed by atoms with Gasteiger partial charge in [0.2, 0.25) is 0 Å². The van der Waals surface area contributed by atoms with E-state index in [-0.39, 0.29) is 37.0 Å². The SMILES string of the molecule is O=C(OC(C(F)(F)F)C(F)(F)F)N1CC2(CCN(Cc3c(N4CC5COCC5C4)cccc3C(F)(F)F)CC2)C1. The van der Waals surface area contributed by atoms with Gasteiger partial charge in [0.05, 0.1) is 18.8 Å². The van der Waals surface area contributed by atoms with E-state index in [0.717, 1.165) is 11.0 Å². The summed E-state index contributed by atoms with van der Waals surface area (Å²) in [6.45, 7) is 2.99. The van der Waals surface area contributed by atoms with E-state index >= 15 is 0 Å². The second-order valence-electron chi connectivity index (χ2n) is 11.2. The molecule has 1 aromatic rings. The van der Waals surface area contributed by atoms with Crippen LogP contribution < -0.4 is 4.90 Å². The van der Waals surface area contributed by atoms with Crippen LogP contribution in [-0.4, -0.2) is 86.8 Å². The van der Waals surface area contributed by atoms with Crippen molar-refractivity contribution in [3.8, 4) is 0 Å². The molecule has 0 bridgehead atoms. The lowest BCUT2D eigenvalue weighted by atomic mass is 9.72. The molecule has 0 N–H and O–H groups in total. The topological polar surface area (TPSA) is 45.2 Å². The van der Waals surface area contributed by atoms with Crippen LogP contribution in [0.3, 0.4) is 0 Å². The van der Waals surface area contributed by atoms with Gasteiger partial charge in [-0.05, 0) is 38.1 Å². The number of likely N-dealkylation sites (tertiary alicyclic amines) is 2. The monoisotopic (exact) mass is 589 g/mol. The number of nitrogens with zero attached hydrogens (tertiary/aromatic N) is 3. The minimum Gasteiger partial charge on any atom is -0.426 e. The molecule has 4 fully saturated rings. The maximum atomic E-state index is 14.0. The number of halogens is 9. The van der Waals surface area contributed by atoms with Crippen LogP contribution in [0.1, 0.15) is 24.0 Å². The van der Waals surface area contributed by atoms with E-state index in [1.54, 1.807) is 6.07 Å². The largest absolute Gasteiger partial charge is 0.434 e. The van der Waals surface area contributed by atoms with Gasteiger partial charge in [-0.25, -0.2) is 4.79 Å². The van der Waals surface area contributed by atoms with E-state index < -0.39 is 41.7 Å². The van der Waals surface area contributed by atoms with Gasteiger partial charge in [-0.3, -0.25) is 4.90 Å². The van der Waals surface area contributed by atoms with Crippen LogP contribution in [-0.2, 0) is 22.2 Å². The molecule has 4 aliphatic rings. The highest BCUT2D eigenvalue weighted by Gasteiger charge is 2.61. The maximum absolute atomic E-state index is 14.0. The Labute approximate surface area is 223 Å². The first-order valence-electron chi connectivity index (χ1n) is 12.9. The van der Waals surface area contributed by atoms with Gasteiger partial charge < -0.3 is 19.3 Å². The number of ether oxygens (including phenoxy) is 2. The smallest absolute Gasteiger partial charge is 0.426 e. The van der Waals surface area contributed by atoms with Gasteiger partial charge in [0.25, 0.3) is 6.10 Å². The molecule has 5 rings (SSSR count). The Morgan fingerprint density at radius 3 is 2.05 bits per heavy atom. The fraction of sp³-hybridized carbons (Fsp3) is 0.720. The van der Waals surface area contributed by atoms with Crippen LogP contribution in [0, 0.1) is 17.3 Å². The first kappa shape index (κ1) is 29.1. The summed E-state index contributed by atoms with van der Waals surface area (Å²) in [6.07, 6.45) is -21.2. The molecule has 0 aliphatic carbocycles. The third-order valence-corrected chi connectivity index (χ3v) is 8.46. The normalized spacial score (nSPS) is 25.4. The highest BCUT2D eigenvalue weighted by atomic mass is 19.4. The molecule has 0 radical (unpaired) electrons. The second-order valence-corrected chi connectivity index (χ2v) is 11.2. The average molecular weight is 589 g/mol. The lowest BCUT2D eigenvalue weighted by Gasteiger charge is -2.53. The summed E-state index contributed by atoms with van der Waals surface area (Å²) in [5.74, 6) is 0.543. The molecule has 6 nitrogen and oxygen atoms in total. The van der Waals surface area contributed by atoms with Crippen molar-refractivity contribution in [2.75, 3.05) is 57.4 Å². The van der Waals surface area contributed by atoms with E-state index in [0.29, 0.717) is 57.9 Å². The molecular weight excluding hydrogens is 561 g/mol. The van der Waals surface area contributed by atoms with Crippen molar-refractivity contribution in [3.63, 3.8) is 0 Å². The predicted molar refractivity (Wildman–Crippen MR) is 122 cm³/mol. The number of carbonyl (C=O) groups excluding carboxylic acids is 1. The molecule has 224 valence electrons. The third-order valence-electron chi connectivity index (χ3n) is 8.46. The van der Waals surface area contributed by atoms with Crippen LogP contribution in [0.4, 0.5) is 50.0 Å². The Morgan fingerprint density at radius 2 is 1.52 bits per heavy atom. The molecule has 4 aliphatic heterocycles. The zero-order valence-electron chi connectivity index (χ0n) is 21.2. The Kier molecular flexibility index (Phi) is 7.37. The number of benzene rings is 1. The summed E-state index contributed by atoms with van der Waals surface area (Å²) in [6, 6.07) is 4.17. The number of alkyl halides is 9. The third kappa shape index (κ3) is 5.81. The van der Waals surface area contributed by atoms with Gasteiger partial charge in [0.1, 0.15) is 0 Å². The summed E-state index contributed by atoms with van der Waals surface area (Å²) in [7, 11) is 0. The van der Waals surface area contributed by atoms with Gasteiger partial charge in [-0.1, -0.05) is 6.07 Å². The lowest BCUT2D eigenvalue weighted by Crippen LogP contribution is -2.63. The molecule has 4 saturated heterocycles. The molecule has 1 amide bonds. The minimum absolute atomic E-state index is 0.0357. The predicted octanol–water partition coefficient (Wildman–Crippen LogP) is 5.32. The summed E-state index contributed by atoms with van der Waals surface area (Å²) in [5.41, 5.74) is -0.526. The van der Waals surface area contributed by atoms with E-state index in [1.807, 2.05) is 9.80 Å². The van der Waals surface area contributed by atoms with Crippen LogP contribution in [0.2, 0.25) is 0 Å². The lowest BCUT2D eigenvalue weighted by molar-refractivity contribution is -0.309. The molecule has 40 heavy (non-hydrogen) atoms. The molecule has 2 unspecified atom stereocenters. The summed E-state index contributed by atoms with van der Waals surface area (Å²) < 4.78 is 128. The Morgan fingerprint density at radius 1 is 0.950 bits per heavy atom. The number of hydrogen-bond donors (Lipinski definition) is 0. The van der Waals surface area contributed by atoms with Crippen LogP contribution in [0.15, 0.2) is 18.2 Å². The summed E-state index contributed by atoms with van der Waals surface area (Å²) in [5, 5.41) is 0. The maximum Gasteiger partial charge on any atom is 0.434 e. The second kappa shape index (κ2) is 10.1. The molecule has 2 atom stereocenters. The van der Waals surface area contributed by atoms with Crippen molar-refractivity contribution in [3.05, 3.63) is 29.3 Å². The number of fused-ring (bicyclic) bond motifs is 1. The number of carbonyl (C=O) groups is 1. The van der Waals surface area contributed by atoms with Crippen molar-refractivity contribution in [2.24, 2.45) is 17.3 Å². The first-order valence-corrected chi connectivity index (χ1v) is 12.9. The van der Waals surface area contributed by atoms with Crippen LogP contribution in [0.5, 0.6) is 0 Å². The first-order chi connectivity index (χ1) is 18.6. The van der Waals surface area contributed by atoms with E-state index in [9.17, 15) is 44.3 Å². The number of piperidine rings is 1. The minimum atomic E-state index is -5.80. The highest BCUT2D eigenvalue weighted by Crippen LogP contribution is 2.44. The van der Waals surface area contributed by atoms with Crippen LogP contribution in [0.25, 0.3) is 0 Å². The van der Waals surface area contributed by atoms with Gasteiger partial charge in [0.15, 0.2) is 0 Å². The standard InChI is InChI=1S/C25H28F9N3O3/c26-23(27,28)18-2-1-3-19(36-8-15-11-39-12-16(15)9-36)17(18)10-35-6-4-22(5-7-35)13-37(14-22)21(38)40-20(24(29,30)31)25(32,33)34/h1-3,15-16,20H,4-14H2. The zero-order valence-corrected chi connectivity index (χ0v) is 21.2. The van der Waals surface area contributed by atoms with Crippen molar-refractivity contribution in [2.45, 2.75) is 44.0 Å². The quantitative estimate of drug-likeness (QED) is 0.446. The van der Waals surface area contributed by atoms with Crippen molar-refractivity contribution < 1.29 is 53.8 Å². The molecule has 15 heteroatoms. The highest BCUT2D eigenvalue weighted by molar-refractivity contribution is 5.69. The Bertz CT molecular complexity index is 1070. The van der Waals surface area contributed by atoms with E-state index in [4.69, 9.17) is 4.74 Å². The molecule has 1 aromatic carbocycles. The molecule has 1 spiro atoms. The van der Waals surface area contributed by atoms with Gasteiger partial charge in [-0.15, -0.1) is 0 Å². The number of anilines is 1. The molecule has 0 aromatic heterocycles. The Hall–Kier alpha value is -2.42. The summed E-state index contributed by atoms with van der Waals surface area (Å²) in [4.78, 5) is 16.6. The van der Waals surface area contributed by atoms with E-state index in [1.165, 1.54) is 6.07 Å². The average Bonchev–Trinajstić information content (AvgIpc) is 3.42. The molecule has 0 saturated carbocycles. The molecule has 4 heterocycles. The van der Waals surface area contributed by atoms with Gasteiger partial charge in [-0.2, -0.15) is 39.5 Å². The van der Waals surface area contributed by atoms with Gasteiger partial charge in [0, 0.05) is 61.2 Å². The van der Waals surface area contributed by atoms with Gasteiger partial charge >= 0.3 is 24.6 Å². The Balaban J connectivity index is 1.21. The van der Waals surface area contributed by atoms with E-state index in [2.05, 4.69) is 4.74 Å². The number of rotatable bonds is 4. The van der Waals surface area contributed by atoms with Crippen molar-refractivity contribution in [1.82, 2.24) is 9.80 Å². The fourth-order valence-electron chi connectivity index (χ4n) is 6.30. The van der Waals surface area contributed by atoms with Crippen molar-refractivity contribution >= 4 is 11.8 Å². The fourth-order valence-corrected chi connectivity index (χ4v) is 6.30. The number of amides is 1. The molecular formula is C25H28F9N3O3. The van der Waals surface area contributed by atoms with Crippen molar-refractivity contribution in [1.29, 1.82) is 0 Å².